The van der Waals surface area contributed by atoms with E-state index >= 15 is 0 Å². The molecule has 2 heterocycles. The number of aliphatic hydroxyl groups is 1. The van der Waals surface area contributed by atoms with Crippen LogP contribution in [0.4, 0.5) is 10.1 Å². The number of halogens is 1. The predicted molar refractivity (Wildman–Crippen MR) is 105 cm³/mol. The van der Waals surface area contributed by atoms with Crippen LogP contribution >= 0.6 is 11.3 Å². The molecule has 144 valence electrons. The van der Waals surface area contributed by atoms with Crippen LogP contribution in [0.3, 0.4) is 0 Å². The number of hydrogen-bond donors (Lipinski definition) is 2. The Morgan fingerprint density at radius 3 is 2.81 bits per heavy atom. The Hall–Kier alpha value is -2.07. The molecule has 0 radical (unpaired) electrons. The van der Waals surface area contributed by atoms with Gasteiger partial charge in [0.05, 0.1) is 17.2 Å². The molecule has 0 aliphatic heterocycles. The number of thiophene rings is 1. The fraction of sp³-hybridized carbons (Fsp3) is 0.278. The smallest absolute Gasteiger partial charge is 0.240 e. The number of aromatic nitrogens is 1. The van der Waals surface area contributed by atoms with Crippen LogP contribution in [0.5, 0.6) is 0 Å². The normalized spacial score (nSPS) is 13.0. The molecule has 0 bridgehead atoms. The van der Waals surface area contributed by atoms with Crippen molar-refractivity contribution in [3.63, 3.8) is 0 Å². The van der Waals surface area contributed by atoms with E-state index in [4.69, 9.17) is 0 Å². The first-order chi connectivity index (χ1) is 12.9. The molecule has 27 heavy (non-hydrogen) atoms. The average molecular weight is 410 g/mol. The van der Waals surface area contributed by atoms with Gasteiger partial charge in [-0.25, -0.2) is 13.1 Å². The summed E-state index contributed by atoms with van der Waals surface area (Å²) in [5.41, 5.74) is 0.360. The van der Waals surface area contributed by atoms with Gasteiger partial charge in [0.2, 0.25) is 10.0 Å². The van der Waals surface area contributed by atoms with Gasteiger partial charge < -0.3 is 10.0 Å². The number of rotatable bonds is 8. The lowest BCUT2D eigenvalue weighted by molar-refractivity contribution is 0.300. The van der Waals surface area contributed by atoms with Crippen molar-refractivity contribution in [1.82, 2.24) is 9.71 Å². The topological polar surface area (TPSA) is 82.5 Å². The highest BCUT2D eigenvalue weighted by Crippen LogP contribution is 2.24. The summed E-state index contributed by atoms with van der Waals surface area (Å²) < 4.78 is 41.9. The van der Waals surface area contributed by atoms with E-state index in [2.05, 4.69) is 9.71 Å². The summed E-state index contributed by atoms with van der Waals surface area (Å²) in [6.45, 7) is 1.98. The van der Waals surface area contributed by atoms with Gasteiger partial charge in [-0.3, -0.25) is 4.98 Å². The van der Waals surface area contributed by atoms with Crippen molar-refractivity contribution < 1.29 is 17.9 Å². The summed E-state index contributed by atoms with van der Waals surface area (Å²) in [6, 6.07) is 7.71. The van der Waals surface area contributed by atoms with Crippen LogP contribution in [0.2, 0.25) is 0 Å². The molecule has 0 aliphatic rings. The van der Waals surface area contributed by atoms with Crippen molar-refractivity contribution in [3.8, 4) is 0 Å². The molecule has 3 aromatic rings. The highest BCUT2D eigenvalue weighted by atomic mass is 32.2. The van der Waals surface area contributed by atoms with Crippen molar-refractivity contribution in [1.29, 1.82) is 0 Å². The molecule has 0 aliphatic carbocycles. The van der Waals surface area contributed by atoms with Crippen LogP contribution in [0.1, 0.15) is 6.92 Å². The van der Waals surface area contributed by atoms with Crippen LogP contribution in [0.15, 0.2) is 53.0 Å². The molecular weight excluding hydrogens is 389 g/mol. The number of pyridine rings is 1. The van der Waals surface area contributed by atoms with Gasteiger partial charge in [-0.05, 0) is 42.0 Å². The van der Waals surface area contributed by atoms with E-state index in [9.17, 15) is 17.9 Å². The van der Waals surface area contributed by atoms with E-state index in [0.29, 0.717) is 5.69 Å². The maximum atomic E-state index is 13.9. The second kappa shape index (κ2) is 8.30. The third-order valence-corrected chi connectivity index (χ3v) is 6.36. The molecule has 2 N–H and O–H groups in total. The highest BCUT2D eigenvalue weighted by Gasteiger charge is 2.21. The highest BCUT2D eigenvalue weighted by molar-refractivity contribution is 7.89. The third kappa shape index (κ3) is 4.62. The molecule has 0 fully saturated rings. The zero-order valence-electron chi connectivity index (χ0n) is 14.7. The van der Waals surface area contributed by atoms with E-state index in [-0.39, 0.29) is 29.7 Å². The molecule has 1 aromatic carbocycles. The summed E-state index contributed by atoms with van der Waals surface area (Å²) in [6.07, 6.45) is 3.28. The van der Waals surface area contributed by atoms with Crippen LogP contribution in [-0.2, 0) is 10.0 Å². The van der Waals surface area contributed by atoms with Crippen LogP contribution in [0, 0.1) is 5.13 Å². The number of nitrogens with one attached hydrogen (secondary N) is 1. The Morgan fingerprint density at radius 1 is 1.30 bits per heavy atom. The minimum atomic E-state index is -3.74. The van der Waals surface area contributed by atoms with E-state index in [1.54, 1.807) is 53.9 Å². The molecule has 9 heteroatoms. The maximum Gasteiger partial charge on any atom is 0.240 e. The lowest BCUT2D eigenvalue weighted by Crippen LogP contribution is -2.43. The molecule has 0 spiro atoms. The van der Waals surface area contributed by atoms with Crippen LogP contribution in [-0.4, -0.2) is 44.2 Å². The Morgan fingerprint density at radius 2 is 2.11 bits per heavy atom. The molecule has 1 atom stereocenters. The van der Waals surface area contributed by atoms with Crippen molar-refractivity contribution in [2.24, 2.45) is 0 Å². The van der Waals surface area contributed by atoms with Crippen LogP contribution in [0.25, 0.3) is 10.8 Å². The van der Waals surface area contributed by atoms with E-state index in [1.165, 1.54) is 6.07 Å². The van der Waals surface area contributed by atoms with Gasteiger partial charge >= 0.3 is 0 Å². The minimum Gasteiger partial charge on any atom is -0.395 e. The summed E-state index contributed by atoms with van der Waals surface area (Å²) in [5.74, 6) is 0. The standard InChI is InChI=1S/C18H20FN3O3S2/c1-13(12-22(7-8-23)17-5-9-26-18(17)19)21-27(24,25)16-3-2-15-11-20-6-4-14(15)10-16/h2-6,9-11,13,21,23H,7-8,12H2,1H3/t13-/m1/s1. The molecular formula is C18H20FN3O3S2. The van der Waals surface area contributed by atoms with Gasteiger partial charge in [-0.15, -0.1) is 11.3 Å². The fourth-order valence-corrected chi connectivity index (χ4v) is 4.78. The molecule has 2 aromatic heterocycles. The molecule has 0 amide bonds. The SMILES string of the molecule is C[C@H](CN(CCO)c1ccsc1F)NS(=O)(=O)c1ccc2cnccc2c1. The molecule has 6 nitrogen and oxygen atoms in total. The number of benzene rings is 1. The quantitative estimate of drug-likeness (QED) is 0.598. The number of hydrogen-bond acceptors (Lipinski definition) is 6. The summed E-state index contributed by atoms with van der Waals surface area (Å²) in [7, 11) is -3.74. The van der Waals surface area contributed by atoms with Crippen molar-refractivity contribution >= 4 is 37.8 Å². The first kappa shape index (κ1) is 19.7. The lowest BCUT2D eigenvalue weighted by atomic mass is 10.2. The molecule has 3 rings (SSSR count). The zero-order chi connectivity index (χ0) is 19.4. The predicted octanol–water partition coefficient (Wildman–Crippen LogP) is 2.60. The number of fused-ring (bicyclic) bond motifs is 1. The average Bonchev–Trinajstić information content (AvgIpc) is 3.06. The number of nitrogens with zero attached hydrogens (tertiary/aromatic N) is 2. The Labute approximate surface area is 161 Å². The first-order valence-corrected chi connectivity index (χ1v) is 10.7. The van der Waals surface area contributed by atoms with Gasteiger partial charge in [0, 0.05) is 36.9 Å². The second-order valence-electron chi connectivity index (χ2n) is 6.16. The number of anilines is 1. The lowest BCUT2D eigenvalue weighted by Gasteiger charge is -2.26. The Balaban J connectivity index is 1.76. The summed E-state index contributed by atoms with van der Waals surface area (Å²) in [5, 5.41) is 12.1. The zero-order valence-corrected chi connectivity index (χ0v) is 16.3. The van der Waals surface area contributed by atoms with Gasteiger partial charge in [-0.2, -0.15) is 4.39 Å². The number of sulfonamides is 1. The summed E-state index contributed by atoms with van der Waals surface area (Å²) in [4.78, 5) is 5.80. The van der Waals surface area contributed by atoms with Crippen molar-refractivity contribution in [2.75, 3.05) is 24.6 Å². The van der Waals surface area contributed by atoms with Crippen LogP contribution < -0.4 is 9.62 Å². The van der Waals surface area contributed by atoms with E-state index in [0.717, 1.165) is 22.1 Å². The van der Waals surface area contributed by atoms with Gasteiger partial charge in [0.1, 0.15) is 0 Å². The minimum absolute atomic E-state index is 0.156. The summed E-state index contributed by atoms with van der Waals surface area (Å²) >= 11 is 0.963. The molecule has 0 unspecified atom stereocenters. The third-order valence-electron chi connectivity index (χ3n) is 4.08. The Kier molecular flexibility index (Phi) is 6.05. The largest absolute Gasteiger partial charge is 0.395 e. The van der Waals surface area contributed by atoms with E-state index < -0.39 is 16.1 Å². The van der Waals surface area contributed by atoms with E-state index in [1.807, 2.05) is 0 Å². The van der Waals surface area contributed by atoms with Gasteiger partial charge in [-0.1, -0.05) is 6.07 Å². The molecule has 0 saturated carbocycles. The molecule has 0 saturated heterocycles. The first-order valence-electron chi connectivity index (χ1n) is 8.35. The van der Waals surface area contributed by atoms with Crippen molar-refractivity contribution in [3.05, 3.63) is 53.2 Å². The van der Waals surface area contributed by atoms with Gasteiger partial charge in [0.25, 0.3) is 0 Å². The fourth-order valence-electron chi connectivity index (χ4n) is 2.87. The monoisotopic (exact) mass is 409 g/mol. The van der Waals surface area contributed by atoms with Crippen molar-refractivity contribution in [2.45, 2.75) is 17.9 Å². The van der Waals surface area contributed by atoms with Gasteiger partial charge in [0.15, 0.2) is 5.13 Å². The second-order valence-corrected chi connectivity index (χ2v) is 8.74. The Bertz CT molecular complexity index is 1020. The number of aliphatic hydroxyl groups excluding tert-OH is 1. The maximum absolute atomic E-state index is 13.9.